The second kappa shape index (κ2) is 6.07. The van der Waals surface area contributed by atoms with Crippen LogP contribution >= 0.6 is 0 Å². The van der Waals surface area contributed by atoms with Gasteiger partial charge in [0.15, 0.2) is 5.65 Å². The minimum absolute atomic E-state index is 0.0916. The van der Waals surface area contributed by atoms with Crippen molar-refractivity contribution < 1.29 is 17.9 Å². The zero-order valence-corrected chi connectivity index (χ0v) is 13.4. The first kappa shape index (κ1) is 17.3. The Bertz CT molecular complexity index is 1060. The molecule has 1 aromatic carbocycles. The topological polar surface area (TPSA) is 100 Å². The number of halogens is 3. The smallest absolute Gasteiger partial charge is 0.416 e. The minimum Gasteiger partial charge on any atom is -0.495 e. The van der Waals surface area contributed by atoms with Crippen molar-refractivity contribution in [3.63, 3.8) is 0 Å². The summed E-state index contributed by atoms with van der Waals surface area (Å²) in [5.41, 5.74) is 5.50. The number of alkyl halides is 3. The number of imidazole rings is 1. The van der Waals surface area contributed by atoms with Crippen LogP contribution in [-0.2, 0) is 6.18 Å². The van der Waals surface area contributed by atoms with E-state index in [-0.39, 0.29) is 33.7 Å². The Kier molecular flexibility index (Phi) is 4.04. The first-order valence-corrected chi connectivity index (χ1v) is 7.27. The van der Waals surface area contributed by atoms with Gasteiger partial charge in [-0.25, -0.2) is 4.98 Å². The Morgan fingerprint density at radius 2 is 2.12 bits per heavy atom. The summed E-state index contributed by atoms with van der Waals surface area (Å²) in [5.74, 6) is 0.299. The lowest BCUT2D eigenvalue weighted by atomic mass is 9.99. The number of aromatic nitrogens is 2. The van der Waals surface area contributed by atoms with E-state index in [1.54, 1.807) is 0 Å². The number of pyridine rings is 1. The van der Waals surface area contributed by atoms with Crippen molar-refractivity contribution in [3.05, 3.63) is 47.3 Å². The van der Waals surface area contributed by atoms with Crippen molar-refractivity contribution in [3.8, 4) is 23.1 Å². The summed E-state index contributed by atoms with van der Waals surface area (Å²) in [6, 6.07) is 5.19. The standard InChI is InChI=1S/C17H12F3N5O/c1-26-15-2-3-25-14(8-24-16(25)12(15)7-22)10-4-9(17(18,19)20)5-13(23)11(10)6-21/h2-6,8,21H,23H2,1H3. The molecule has 0 amide bonds. The highest BCUT2D eigenvalue weighted by Gasteiger charge is 2.32. The van der Waals surface area contributed by atoms with Crippen LogP contribution in [0.15, 0.2) is 30.6 Å². The van der Waals surface area contributed by atoms with Gasteiger partial charge in [0.1, 0.15) is 17.4 Å². The van der Waals surface area contributed by atoms with Gasteiger partial charge in [-0.1, -0.05) is 0 Å². The van der Waals surface area contributed by atoms with Crippen LogP contribution in [0.3, 0.4) is 0 Å². The normalized spacial score (nSPS) is 11.3. The maximum absolute atomic E-state index is 13.2. The highest BCUT2D eigenvalue weighted by Crippen LogP contribution is 2.37. The van der Waals surface area contributed by atoms with Crippen LogP contribution in [0.2, 0.25) is 0 Å². The lowest BCUT2D eigenvalue weighted by molar-refractivity contribution is -0.137. The van der Waals surface area contributed by atoms with E-state index in [0.717, 1.165) is 18.3 Å². The Hall–Kier alpha value is -3.54. The van der Waals surface area contributed by atoms with Crippen molar-refractivity contribution >= 4 is 17.5 Å². The molecule has 2 aromatic heterocycles. The van der Waals surface area contributed by atoms with Gasteiger partial charge in [-0.2, -0.15) is 18.4 Å². The van der Waals surface area contributed by atoms with Gasteiger partial charge in [0.25, 0.3) is 0 Å². The molecule has 0 unspecified atom stereocenters. The molecule has 0 aliphatic rings. The maximum atomic E-state index is 13.2. The van der Waals surface area contributed by atoms with Crippen LogP contribution in [0.4, 0.5) is 18.9 Å². The summed E-state index contributed by atoms with van der Waals surface area (Å²) in [4.78, 5) is 4.13. The average Bonchev–Trinajstić information content (AvgIpc) is 3.03. The largest absolute Gasteiger partial charge is 0.495 e. The van der Waals surface area contributed by atoms with E-state index < -0.39 is 11.7 Å². The van der Waals surface area contributed by atoms with E-state index in [1.165, 1.54) is 30.0 Å². The second-order valence-electron chi connectivity index (χ2n) is 5.38. The molecular weight excluding hydrogens is 347 g/mol. The molecule has 0 saturated carbocycles. The molecule has 0 fully saturated rings. The second-order valence-corrected chi connectivity index (χ2v) is 5.38. The van der Waals surface area contributed by atoms with E-state index >= 15 is 0 Å². The van der Waals surface area contributed by atoms with Gasteiger partial charge in [-0.3, -0.25) is 4.40 Å². The molecule has 6 nitrogen and oxygen atoms in total. The summed E-state index contributed by atoms with van der Waals surface area (Å²) in [5, 5.41) is 16.9. The Balaban J connectivity index is 2.36. The number of hydrogen-bond donors (Lipinski definition) is 2. The zero-order valence-electron chi connectivity index (χ0n) is 13.4. The summed E-state index contributed by atoms with van der Waals surface area (Å²) in [7, 11) is 1.40. The van der Waals surface area contributed by atoms with Gasteiger partial charge >= 0.3 is 6.18 Å². The highest BCUT2D eigenvalue weighted by molar-refractivity contribution is 5.95. The van der Waals surface area contributed by atoms with Crippen LogP contribution in [0, 0.1) is 16.7 Å². The lowest BCUT2D eigenvalue weighted by Gasteiger charge is -2.14. The molecule has 26 heavy (non-hydrogen) atoms. The first-order valence-electron chi connectivity index (χ1n) is 7.27. The zero-order chi connectivity index (χ0) is 19.1. The fraction of sp³-hybridized carbons (Fsp3) is 0.118. The third-order valence-electron chi connectivity index (χ3n) is 3.93. The number of nitriles is 1. The van der Waals surface area contributed by atoms with E-state index in [9.17, 15) is 18.4 Å². The van der Waals surface area contributed by atoms with Crippen LogP contribution < -0.4 is 10.5 Å². The van der Waals surface area contributed by atoms with Crippen molar-refractivity contribution in [1.29, 1.82) is 10.7 Å². The molecule has 2 heterocycles. The quantitative estimate of drug-likeness (QED) is 0.552. The molecule has 0 atom stereocenters. The number of rotatable bonds is 3. The molecule has 132 valence electrons. The molecule has 0 bridgehead atoms. The molecule has 0 radical (unpaired) electrons. The molecule has 0 spiro atoms. The summed E-state index contributed by atoms with van der Waals surface area (Å²) in [6.07, 6.45) is -0.844. The SMILES string of the molecule is COc1ccn2c(-c3cc(C(F)(F)F)cc(N)c3C=N)cnc2c1C#N. The fourth-order valence-corrected chi connectivity index (χ4v) is 2.72. The van der Waals surface area contributed by atoms with Gasteiger partial charge < -0.3 is 15.9 Å². The van der Waals surface area contributed by atoms with Crippen LogP contribution in [0.25, 0.3) is 16.9 Å². The molecule has 0 aliphatic carbocycles. The summed E-state index contributed by atoms with van der Waals surface area (Å²) >= 11 is 0. The van der Waals surface area contributed by atoms with E-state index in [1.807, 2.05) is 6.07 Å². The Morgan fingerprint density at radius 1 is 1.38 bits per heavy atom. The summed E-state index contributed by atoms with van der Waals surface area (Å²) in [6.45, 7) is 0. The van der Waals surface area contributed by atoms with E-state index in [2.05, 4.69) is 4.98 Å². The third-order valence-corrected chi connectivity index (χ3v) is 3.93. The van der Waals surface area contributed by atoms with Crippen molar-refractivity contribution in [2.45, 2.75) is 6.18 Å². The molecule has 0 aliphatic heterocycles. The van der Waals surface area contributed by atoms with Gasteiger partial charge in [0.05, 0.1) is 24.6 Å². The lowest BCUT2D eigenvalue weighted by Crippen LogP contribution is -2.08. The molecule has 9 heteroatoms. The van der Waals surface area contributed by atoms with E-state index in [0.29, 0.717) is 5.75 Å². The monoisotopic (exact) mass is 359 g/mol. The Labute approximate surface area is 145 Å². The van der Waals surface area contributed by atoms with Gasteiger partial charge in [-0.15, -0.1) is 0 Å². The third kappa shape index (κ3) is 2.61. The predicted octanol–water partition coefficient (Wildman–Crippen LogP) is 3.48. The molecular formula is C17H12F3N5O. The maximum Gasteiger partial charge on any atom is 0.416 e. The highest BCUT2D eigenvalue weighted by atomic mass is 19.4. The van der Waals surface area contributed by atoms with Crippen LogP contribution in [0.1, 0.15) is 16.7 Å². The number of hydrogen-bond acceptors (Lipinski definition) is 5. The Morgan fingerprint density at radius 3 is 2.69 bits per heavy atom. The summed E-state index contributed by atoms with van der Waals surface area (Å²) < 4.78 is 46.1. The number of nitrogens with two attached hydrogens (primary N) is 1. The first-order chi connectivity index (χ1) is 12.3. The number of ether oxygens (including phenoxy) is 1. The number of nitrogen functional groups attached to an aromatic ring is 1. The molecule has 3 aromatic rings. The number of nitrogens with one attached hydrogen (secondary N) is 1. The number of anilines is 1. The fourth-order valence-electron chi connectivity index (χ4n) is 2.72. The number of fused-ring (bicyclic) bond motifs is 1. The van der Waals surface area contributed by atoms with Gasteiger partial charge in [-0.05, 0) is 18.2 Å². The average molecular weight is 359 g/mol. The van der Waals surface area contributed by atoms with Crippen LogP contribution in [0.5, 0.6) is 5.75 Å². The van der Waals surface area contributed by atoms with Gasteiger partial charge in [0, 0.05) is 29.2 Å². The van der Waals surface area contributed by atoms with Crippen molar-refractivity contribution in [1.82, 2.24) is 9.38 Å². The number of nitrogens with zero attached hydrogens (tertiary/aromatic N) is 3. The number of benzene rings is 1. The molecule has 3 rings (SSSR count). The van der Waals surface area contributed by atoms with Crippen LogP contribution in [-0.4, -0.2) is 22.7 Å². The van der Waals surface area contributed by atoms with Gasteiger partial charge in [0.2, 0.25) is 0 Å². The molecule has 3 N–H and O–H groups in total. The number of methoxy groups -OCH3 is 1. The molecule has 0 saturated heterocycles. The minimum atomic E-state index is -4.59. The predicted molar refractivity (Wildman–Crippen MR) is 89.2 cm³/mol. The van der Waals surface area contributed by atoms with E-state index in [4.69, 9.17) is 15.9 Å². The van der Waals surface area contributed by atoms with Crippen molar-refractivity contribution in [2.75, 3.05) is 12.8 Å². The van der Waals surface area contributed by atoms with Crippen molar-refractivity contribution in [2.24, 2.45) is 0 Å².